The number of unbranched alkanes of at least 4 members (excludes halogenated alkanes) is 4. The second-order valence-electron chi connectivity index (χ2n) is 8.72. The van der Waals surface area contributed by atoms with Crippen molar-refractivity contribution < 1.29 is 69.9 Å². The number of rotatable bonds is 19. The highest BCUT2D eigenvalue weighted by atomic mass is 19.2. The molecule has 0 bridgehead atoms. The first kappa shape index (κ1) is 43.9. The SMILES string of the molecule is CC#N.COCCOC(=O)NCCCCCC(=O)O.COCCOC(=O)NCCCCCC(=O)Oc1c(F)c(F)c(F)c(F)c1F. The van der Waals surface area contributed by atoms with Crippen molar-refractivity contribution >= 4 is 24.1 Å². The van der Waals surface area contributed by atoms with Crippen molar-refractivity contribution in [3.05, 3.63) is 29.1 Å². The fourth-order valence-electron chi connectivity index (χ4n) is 2.91. The Bertz CT molecular complexity index is 1080. The van der Waals surface area contributed by atoms with Gasteiger partial charge in [-0.15, -0.1) is 0 Å². The number of methoxy groups -OCH3 is 2. The minimum atomic E-state index is -2.34. The molecule has 0 aromatic heterocycles. The van der Waals surface area contributed by atoms with Gasteiger partial charge in [-0.05, 0) is 25.7 Å². The van der Waals surface area contributed by atoms with E-state index in [9.17, 15) is 41.1 Å². The van der Waals surface area contributed by atoms with Crippen LogP contribution in [-0.4, -0.2) is 83.0 Å². The highest BCUT2D eigenvalue weighted by molar-refractivity contribution is 5.72. The first-order valence-electron chi connectivity index (χ1n) is 13.9. The van der Waals surface area contributed by atoms with Crippen LogP contribution in [0.3, 0.4) is 0 Å². The van der Waals surface area contributed by atoms with Gasteiger partial charge in [0.05, 0.1) is 19.3 Å². The lowest BCUT2D eigenvalue weighted by atomic mass is 10.2. The molecule has 2 amide bonds. The smallest absolute Gasteiger partial charge is 0.407 e. The van der Waals surface area contributed by atoms with Crippen molar-refractivity contribution in [1.82, 2.24) is 10.6 Å². The van der Waals surface area contributed by atoms with E-state index in [1.807, 2.05) is 0 Å². The standard InChI is InChI=1S/C16H18F5NO5.C10H19NO5.C2H3N/c1-25-7-8-26-16(24)22-6-4-2-3-5-9(23)27-15-13(20)11(18)10(17)12(19)14(15)21;1-15-7-8-16-10(14)11-6-4-2-3-5-9(12)13;1-2-3/h2-8H2,1H3,(H,22,24);2-8H2,1H3,(H,11,14)(H,12,13);1H3. The molecule has 0 saturated heterocycles. The Balaban J connectivity index is 0. The number of esters is 1. The Hall–Kier alpha value is -4.24. The van der Waals surface area contributed by atoms with Gasteiger partial charge in [0, 0.05) is 47.1 Å². The lowest BCUT2D eigenvalue weighted by molar-refractivity contribution is -0.137. The van der Waals surface area contributed by atoms with Crippen molar-refractivity contribution in [2.24, 2.45) is 0 Å². The van der Waals surface area contributed by atoms with Crippen molar-refractivity contribution in [2.45, 2.75) is 58.3 Å². The Morgan fingerprint density at radius 1 is 0.674 bits per heavy atom. The third-order valence-corrected chi connectivity index (χ3v) is 5.09. The number of carbonyl (C=O) groups is 4. The fraction of sp³-hybridized carbons (Fsp3) is 0.607. The Morgan fingerprint density at radius 3 is 1.46 bits per heavy atom. The molecule has 0 saturated carbocycles. The molecule has 0 spiro atoms. The topological polar surface area (TPSA) is 183 Å². The van der Waals surface area contributed by atoms with E-state index in [1.54, 1.807) is 6.07 Å². The third-order valence-electron chi connectivity index (χ3n) is 5.09. The molecule has 1 aromatic carbocycles. The molecular formula is C28H40F5N3O10. The van der Waals surface area contributed by atoms with Crippen LogP contribution in [0.15, 0.2) is 0 Å². The molecule has 262 valence electrons. The quantitative estimate of drug-likeness (QED) is 0.0460. The van der Waals surface area contributed by atoms with Crippen LogP contribution >= 0.6 is 0 Å². The molecule has 13 nitrogen and oxygen atoms in total. The van der Waals surface area contributed by atoms with Gasteiger partial charge in [0.15, 0.2) is 0 Å². The minimum absolute atomic E-state index is 0.103. The van der Waals surface area contributed by atoms with Crippen molar-refractivity contribution in [3.8, 4) is 11.8 Å². The van der Waals surface area contributed by atoms with Gasteiger partial charge in [0.1, 0.15) is 13.2 Å². The summed E-state index contributed by atoms with van der Waals surface area (Å²) in [6.07, 6.45) is 2.07. The van der Waals surface area contributed by atoms with Crippen LogP contribution in [0.5, 0.6) is 5.75 Å². The van der Waals surface area contributed by atoms with E-state index < -0.39 is 59.0 Å². The van der Waals surface area contributed by atoms with E-state index in [-0.39, 0.29) is 45.6 Å². The molecule has 1 rings (SSSR count). The fourth-order valence-corrected chi connectivity index (χ4v) is 2.91. The summed E-state index contributed by atoms with van der Waals surface area (Å²) in [7, 11) is 2.99. The van der Waals surface area contributed by atoms with E-state index in [4.69, 9.17) is 29.3 Å². The van der Waals surface area contributed by atoms with Gasteiger partial charge in [-0.25, -0.2) is 22.8 Å². The second kappa shape index (κ2) is 28.2. The first-order chi connectivity index (χ1) is 21.9. The molecule has 46 heavy (non-hydrogen) atoms. The van der Waals surface area contributed by atoms with E-state index in [0.717, 1.165) is 12.8 Å². The molecular weight excluding hydrogens is 633 g/mol. The third kappa shape index (κ3) is 22.3. The number of nitrogens with zero attached hydrogens (tertiary/aromatic N) is 1. The zero-order chi connectivity index (χ0) is 35.3. The summed E-state index contributed by atoms with van der Waals surface area (Å²) in [5, 5.41) is 20.7. The van der Waals surface area contributed by atoms with E-state index in [0.29, 0.717) is 32.4 Å². The number of carboxylic acids is 1. The van der Waals surface area contributed by atoms with E-state index >= 15 is 0 Å². The number of benzene rings is 1. The predicted molar refractivity (Wildman–Crippen MR) is 150 cm³/mol. The van der Waals surface area contributed by atoms with Gasteiger partial charge in [-0.3, -0.25) is 9.59 Å². The number of nitrogens with one attached hydrogen (secondary N) is 2. The summed E-state index contributed by atoms with van der Waals surface area (Å²) >= 11 is 0. The average molecular weight is 674 g/mol. The number of hydrogen-bond donors (Lipinski definition) is 3. The summed E-state index contributed by atoms with van der Waals surface area (Å²) in [5.74, 6) is -14.7. The van der Waals surface area contributed by atoms with Gasteiger partial charge < -0.3 is 39.4 Å². The number of aliphatic carboxylic acids is 1. The molecule has 3 N–H and O–H groups in total. The molecule has 0 aliphatic rings. The van der Waals surface area contributed by atoms with Crippen LogP contribution in [0.4, 0.5) is 31.5 Å². The van der Waals surface area contributed by atoms with Crippen molar-refractivity contribution in [1.29, 1.82) is 5.26 Å². The largest absolute Gasteiger partial charge is 0.481 e. The second-order valence-corrected chi connectivity index (χ2v) is 8.72. The lowest BCUT2D eigenvalue weighted by Crippen LogP contribution is -2.26. The summed E-state index contributed by atoms with van der Waals surface area (Å²) in [4.78, 5) is 43.9. The van der Waals surface area contributed by atoms with E-state index in [1.165, 1.54) is 21.1 Å². The molecule has 0 fully saturated rings. The summed E-state index contributed by atoms with van der Waals surface area (Å²) < 4.78 is 88.8. The van der Waals surface area contributed by atoms with Crippen molar-refractivity contribution in [3.63, 3.8) is 0 Å². The highest BCUT2D eigenvalue weighted by Crippen LogP contribution is 2.29. The van der Waals surface area contributed by atoms with Crippen LogP contribution in [0, 0.1) is 40.4 Å². The van der Waals surface area contributed by atoms with Gasteiger partial charge >= 0.3 is 24.1 Å². The van der Waals surface area contributed by atoms with Crippen LogP contribution in [0.25, 0.3) is 0 Å². The number of carboxylic acid groups (broad SMARTS) is 1. The van der Waals surface area contributed by atoms with Gasteiger partial charge in [-0.1, -0.05) is 12.8 Å². The maximum Gasteiger partial charge on any atom is 0.407 e. The minimum Gasteiger partial charge on any atom is -0.481 e. The molecule has 1 aromatic rings. The number of nitriles is 1. The Morgan fingerprint density at radius 2 is 1.07 bits per heavy atom. The van der Waals surface area contributed by atoms with E-state index in [2.05, 4.69) is 15.4 Å². The molecule has 0 radical (unpaired) electrons. The van der Waals surface area contributed by atoms with Gasteiger partial charge in [0.25, 0.3) is 0 Å². The number of alkyl carbamates (subject to hydrolysis) is 2. The van der Waals surface area contributed by atoms with Gasteiger partial charge in [0.2, 0.25) is 34.8 Å². The van der Waals surface area contributed by atoms with Crippen molar-refractivity contribution in [2.75, 3.05) is 53.7 Å². The molecule has 0 unspecified atom stereocenters. The average Bonchev–Trinajstić information content (AvgIpc) is 3.01. The zero-order valence-corrected chi connectivity index (χ0v) is 25.9. The van der Waals surface area contributed by atoms with Crippen LogP contribution in [-0.2, 0) is 28.5 Å². The molecule has 0 aliphatic carbocycles. The normalized spacial score (nSPS) is 9.80. The number of carbonyl (C=O) groups excluding carboxylic acids is 3. The summed E-state index contributed by atoms with van der Waals surface area (Å²) in [6.45, 7) is 3.18. The Kier molecular flexibility index (Phi) is 27.0. The van der Waals surface area contributed by atoms with Gasteiger partial charge in [-0.2, -0.15) is 14.0 Å². The lowest BCUT2D eigenvalue weighted by Gasteiger charge is -2.09. The first-order valence-corrected chi connectivity index (χ1v) is 13.9. The molecule has 0 heterocycles. The summed E-state index contributed by atoms with van der Waals surface area (Å²) in [5.41, 5.74) is 0. The van der Waals surface area contributed by atoms with Crippen LogP contribution < -0.4 is 15.4 Å². The molecule has 0 atom stereocenters. The summed E-state index contributed by atoms with van der Waals surface area (Å²) in [6, 6.07) is 1.75. The highest BCUT2D eigenvalue weighted by Gasteiger charge is 2.28. The Labute approximate surface area is 263 Å². The molecule has 0 aliphatic heterocycles. The number of halogens is 5. The number of amides is 2. The zero-order valence-electron chi connectivity index (χ0n) is 25.9. The maximum atomic E-state index is 13.4. The number of ether oxygens (including phenoxy) is 5. The monoisotopic (exact) mass is 673 g/mol. The van der Waals surface area contributed by atoms with Crippen LogP contribution in [0.2, 0.25) is 0 Å². The molecule has 18 heteroatoms. The number of hydrogen-bond acceptors (Lipinski definition) is 10. The van der Waals surface area contributed by atoms with Crippen LogP contribution in [0.1, 0.15) is 58.3 Å². The maximum absolute atomic E-state index is 13.4. The predicted octanol–water partition coefficient (Wildman–Crippen LogP) is 4.75.